The number of aromatic nitrogens is 2. The molecule has 1 aliphatic rings. The highest BCUT2D eigenvalue weighted by molar-refractivity contribution is 5.71. The highest BCUT2D eigenvalue weighted by Gasteiger charge is 2.26. The van der Waals surface area contributed by atoms with E-state index >= 15 is 0 Å². The van der Waals surface area contributed by atoms with Crippen molar-refractivity contribution in [2.75, 3.05) is 25.0 Å². The van der Waals surface area contributed by atoms with Crippen molar-refractivity contribution >= 4 is 11.8 Å². The maximum Gasteiger partial charge on any atom is 0.308 e. The standard InChI is InChI=1S/C29H30N4O4/c1-32(19-22-6-13-27(31-17-22)33-15-2-3-24(20-33)29(34)35)18-21-4-9-25(10-5-21)37-26-11-7-23(8-12-26)28-30-14-16-36-28/h4-14,16-17,24H,2-3,15,18-20H2,1H3,(H,34,35). The monoisotopic (exact) mass is 498 g/mol. The lowest BCUT2D eigenvalue weighted by molar-refractivity contribution is -0.141. The van der Waals surface area contributed by atoms with E-state index in [0.717, 1.165) is 60.9 Å². The molecule has 8 nitrogen and oxygen atoms in total. The summed E-state index contributed by atoms with van der Waals surface area (Å²) in [5.74, 6) is 1.92. The van der Waals surface area contributed by atoms with Crippen LogP contribution in [-0.2, 0) is 17.9 Å². The zero-order chi connectivity index (χ0) is 25.6. The van der Waals surface area contributed by atoms with E-state index in [4.69, 9.17) is 9.15 Å². The van der Waals surface area contributed by atoms with Crippen molar-refractivity contribution in [2.24, 2.45) is 5.92 Å². The molecule has 3 heterocycles. The SMILES string of the molecule is CN(Cc1ccc(Oc2ccc(-c3ncco3)cc2)cc1)Cc1ccc(N2CCCC(C(=O)O)C2)nc1. The number of pyridine rings is 1. The number of ether oxygens (including phenoxy) is 1. The molecule has 37 heavy (non-hydrogen) atoms. The van der Waals surface area contributed by atoms with Gasteiger partial charge in [0.05, 0.1) is 12.1 Å². The van der Waals surface area contributed by atoms with Crippen molar-refractivity contribution in [3.8, 4) is 23.0 Å². The predicted octanol–water partition coefficient (Wildman–Crippen LogP) is 5.46. The van der Waals surface area contributed by atoms with Crippen molar-refractivity contribution in [3.63, 3.8) is 0 Å². The minimum atomic E-state index is -0.722. The number of carboxylic acids is 1. The van der Waals surface area contributed by atoms with Crippen LogP contribution in [0, 0.1) is 5.92 Å². The third-order valence-corrected chi connectivity index (χ3v) is 6.50. The lowest BCUT2D eigenvalue weighted by Gasteiger charge is -2.31. The van der Waals surface area contributed by atoms with Crippen LogP contribution in [0.25, 0.3) is 11.5 Å². The average Bonchev–Trinajstić information content (AvgIpc) is 3.46. The Morgan fingerprint density at radius 2 is 1.73 bits per heavy atom. The maximum atomic E-state index is 11.3. The molecule has 8 heteroatoms. The zero-order valence-corrected chi connectivity index (χ0v) is 20.8. The molecular weight excluding hydrogens is 468 g/mol. The summed E-state index contributed by atoms with van der Waals surface area (Å²) in [4.78, 5) is 24.4. The minimum Gasteiger partial charge on any atom is -0.481 e. The summed E-state index contributed by atoms with van der Waals surface area (Å²) < 4.78 is 11.3. The van der Waals surface area contributed by atoms with Crippen LogP contribution in [0.3, 0.4) is 0 Å². The Hall–Kier alpha value is -4.17. The molecule has 4 aromatic rings. The molecule has 0 bridgehead atoms. The number of rotatable bonds is 9. The van der Waals surface area contributed by atoms with Gasteiger partial charge in [0.1, 0.15) is 23.6 Å². The number of hydrogen-bond acceptors (Lipinski definition) is 7. The van der Waals surface area contributed by atoms with Gasteiger partial charge in [-0.2, -0.15) is 0 Å². The second-order valence-electron chi connectivity index (χ2n) is 9.43. The Morgan fingerprint density at radius 3 is 2.38 bits per heavy atom. The number of anilines is 1. The summed E-state index contributed by atoms with van der Waals surface area (Å²) in [6.07, 6.45) is 6.68. The van der Waals surface area contributed by atoms with E-state index in [1.54, 1.807) is 12.5 Å². The van der Waals surface area contributed by atoms with Crippen LogP contribution in [0.5, 0.6) is 11.5 Å². The summed E-state index contributed by atoms with van der Waals surface area (Å²) in [5.41, 5.74) is 3.21. The molecule has 2 aromatic carbocycles. The first-order valence-electron chi connectivity index (χ1n) is 12.4. The first-order valence-corrected chi connectivity index (χ1v) is 12.4. The van der Waals surface area contributed by atoms with Gasteiger partial charge in [0.2, 0.25) is 5.89 Å². The van der Waals surface area contributed by atoms with E-state index in [1.165, 1.54) is 5.56 Å². The average molecular weight is 499 g/mol. The fourth-order valence-electron chi connectivity index (χ4n) is 4.59. The Morgan fingerprint density at radius 1 is 1.03 bits per heavy atom. The number of aliphatic carboxylic acids is 1. The number of oxazole rings is 1. The number of carbonyl (C=O) groups is 1. The van der Waals surface area contributed by atoms with Gasteiger partial charge in [-0.25, -0.2) is 9.97 Å². The molecular formula is C29H30N4O4. The molecule has 5 rings (SSSR count). The van der Waals surface area contributed by atoms with Crippen LogP contribution in [0.15, 0.2) is 83.7 Å². The first-order chi connectivity index (χ1) is 18.0. The van der Waals surface area contributed by atoms with Crippen LogP contribution >= 0.6 is 0 Å². The lowest BCUT2D eigenvalue weighted by Crippen LogP contribution is -2.39. The van der Waals surface area contributed by atoms with E-state index in [9.17, 15) is 9.90 Å². The normalized spacial score (nSPS) is 15.6. The van der Waals surface area contributed by atoms with Gasteiger partial charge in [-0.05, 0) is 73.5 Å². The van der Waals surface area contributed by atoms with Crippen LogP contribution < -0.4 is 9.64 Å². The van der Waals surface area contributed by atoms with Crippen molar-refractivity contribution in [1.29, 1.82) is 0 Å². The molecule has 0 spiro atoms. The second-order valence-corrected chi connectivity index (χ2v) is 9.43. The molecule has 2 aromatic heterocycles. The quantitative estimate of drug-likeness (QED) is 0.325. The topological polar surface area (TPSA) is 91.9 Å². The Balaban J connectivity index is 1.12. The van der Waals surface area contributed by atoms with Gasteiger partial charge < -0.3 is 19.2 Å². The molecule has 0 saturated carbocycles. The molecule has 1 N–H and O–H groups in total. The third-order valence-electron chi connectivity index (χ3n) is 6.50. The van der Waals surface area contributed by atoms with Crippen LogP contribution in [-0.4, -0.2) is 46.1 Å². The molecule has 190 valence electrons. The highest BCUT2D eigenvalue weighted by atomic mass is 16.5. The summed E-state index contributed by atoms with van der Waals surface area (Å²) >= 11 is 0. The zero-order valence-electron chi connectivity index (χ0n) is 20.8. The van der Waals surface area contributed by atoms with Gasteiger partial charge in [-0.15, -0.1) is 0 Å². The number of piperidine rings is 1. The molecule has 0 radical (unpaired) electrons. The highest BCUT2D eigenvalue weighted by Crippen LogP contribution is 2.26. The van der Waals surface area contributed by atoms with Crippen molar-refractivity contribution < 1.29 is 19.1 Å². The molecule has 1 aliphatic heterocycles. The van der Waals surface area contributed by atoms with Crippen molar-refractivity contribution in [3.05, 3.63) is 90.4 Å². The van der Waals surface area contributed by atoms with Gasteiger partial charge in [-0.3, -0.25) is 9.69 Å². The van der Waals surface area contributed by atoms with Crippen molar-refractivity contribution in [1.82, 2.24) is 14.9 Å². The van der Waals surface area contributed by atoms with E-state index in [2.05, 4.69) is 45.0 Å². The number of carboxylic acid groups (broad SMARTS) is 1. The van der Waals surface area contributed by atoms with Gasteiger partial charge in [0.15, 0.2) is 0 Å². The third kappa shape index (κ3) is 6.34. The second kappa shape index (κ2) is 11.3. The summed E-state index contributed by atoms with van der Waals surface area (Å²) in [6, 6.07) is 19.8. The molecule has 0 aliphatic carbocycles. The van der Waals surface area contributed by atoms with E-state index in [-0.39, 0.29) is 5.92 Å². The van der Waals surface area contributed by atoms with Crippen LogP contribution in [0.2, 0.25) is 0 Å². The smallest absolute Gasteiger partial charge is 0.308 e. The van der Waals surface area contributed by atoms with Gasteiger partial charge >= 0.3 is 5.97 Å². The van der Waals surface area contributed by atoms with Gasteiger partial charge in [-0.1, -0.05) is 18.2 Å². The summed E-state index contributed by atoms with van der Waals surface area (Å²) in [6.45, 7) is 2.93. The number of hydrogen-bond donors (Lipinski definition) is 1. The van der Waals surface area contributed by atoms with Crippen molar-refractivity contribution in [2.45, 2.75) is 25.9 Å². The molecule has 0 amide bonds. The number of benzene rings is 2. The molecule has 1 unspecified atom stereocenters. The molecule has 1 atom stereocenters. The Bertz CT molecular complexity index is 1290. The van der Waals surface area contributed by atoms with E-state index in [0.29, 0.717) is 12.4 Å². The van der Waals surface area contributed by atoms with Crippen LogP contribution in [0.4, 0.5) is 5.82 Å². The Labute approximate surface area is 216 Å². The van der Waals surface area contributed by atoms with Crippen LogP contribution in [0.1, 0.15) is 24.0 Å². The predicted molar refractivity (Wildman–Crippen MR) is 140 cm³/mol. The van der Waals surface area contributed by atoms with Gasteiger partial charge in [0, 0.05) is 37.9 Å². The van der Waals surface area contributed by atoms with E-state index < -0.39 is 5.97 Å². The molecule has 1 fully saturated rings. The number of nitrogens with zero attached hydrogens (tertiary/aromatic N) is 4. The fourth-order valence-corrected chi connectivity index (χ4v) is 4.59. The van der Waals surface area contributed by atoms with E-state index in [1.807, 2.05) is 48.7 Å². The summed E-state index contributed by atoms with van der Waals surface area (Å²) in [7, 11) is 2.08. The fraction of sp³-hybridized carbons (Fsp3) is 0.276. The minimum absolute atomic E-state index is 0.316. The summed E-state index contributed by atoms with van der Waals surface area (Å²) in [5, 5.41) is 9.32. The largest absolute Gasteiger partial charge is 0.481 e. The maximum absolute atomic E-state index is 11.3. The van der Waals surface area contributed by atoms with Gasteiger partial charge in [0.25, 0.3) is 0 Å². The lowest BCUT2D eigenvalue weighted by atomic mass is 9.98. The first kappa shape index (κ1) is 24.5. The Kier molecular flexibility index (Phi) is 7.46. The molecule has 1 saturated heterocycles.